The Labute approximate surface area is 654 Å². The molecule has 0 saturated heterocycles. The minimum Gasteiger partial charge on any atom is -0.379 e. The summed E-state index contributed by atoms with van der Waals surface area (Å²) in [5, 5.41) is 11.1. The fraction of sp³-hybridized carbons (Fsp3) is 0.966. The van der Waals surface area contributed by atoms with Crippen LogP contribution in [0.4, 0.5) is 4.79 Å². The predicted molar refractivity (Wildman–Crippen MR) is 447 cm³/mol. The van der Waals surface area contributed by atoms with Crippen LogP contribution in [0.1, 0.15) is 452 Å². The first-order valence-corrected chi connectivity index (χ1v) is 48.7. The SMILES string of the molecule is CCCCCCCCCCCCCCC(=O)NC(COCCC(CCCCCCC)CCCCCCCCCCCCCC)COP(=O)(O)OCCNC(=O)NCCOP(=O)(O)OCC(COCCC(CCCCCCC)CCCCCCCCCCCCC)NC(=O)CCCCCCCCCCCCC. The molecule has 0 heterocycles. The molecule has 6 atom stereocenters. The number of carbonyl (C=O) groups excluding carboxylic acids is 3. The van der Waals surface area contributed by atoms with Crippen molar-refractivity contribution >= 4 is 33.5 Å². The van der Waals surface area contributed by atoms with Gasteiger partial charge in [0.1, 0.15) is 0 Å². The first kappa shape index (κ1) is 104. The number of carbonyl (C=O) groups is 3. The molecule has 6 unspecified atom stereocenters. The van der Waals surface area contributed by atoms with Crippen LogP contribution in [0, 0.1) is 11.8 Å². The Morgan fingerprint density at radius 1 is 0.274 bits per heavy atom. The number of ether oxygens (including phenoxy) is 2. The second-order valence-corrected chi connectivity index (χ2v) is 34.6. The van der Waals surface area contributed by atoms with E-state index in [2.05, 4.69) is 62.8 Å². The molecule has 6 N–H and O–H groups in total. The average Bonchev–Trinajstić information content (AvgIpc) is 0.923. The fourth-order valence-electron chi connectivity index (χ4n) is 14.4. The zero-order valence-electron chi connectivity index (χ0n) is 70.4. The van der Waals surface area contributed by atoms with Crippen molar-refractivity contribution in [3.05, 3.63) is 0 Å². The number of hydrogen-bond donors (Lipinski definition) is 6. The van der Waals surface area contributed by atoms with E-state index >= 15 is 0 Å². The Hall–Kier alpha value is -1.65. The lowest BCUT2D eigenvalue weighted by molar-refractivity contribution is -0.123. The summed E-state index contributed by atoms with van der Waals surface area (Å²) < 4.78 is 60.3. The Kier molecular flexibility index (Phi) is 80.1. The van der Waals surface area contributed by atoms with Crippen LogP contribution in [0.15, 0.2) is 0 Å². The van der Waals surface area contributed by atoms with Gasteiger partial charge in [-0.25, -0.2) is 13.9 Å². The van der Waals surface area contributed by atoms with Gasteiger partial charge in [-0.1, -0.05) is 414 Å². The molecule has 0 bridgehead atoms. The normalized spacial score (nSPS) is 14.0. The minimum atomic E-state index is -4.62. The van der Waals surface area contributed by atoms with Crippen molar-refractivity contribution in [2.24, 2.45) is 11.8 Å². The molecule has 0 aliphatic carbocycles. The summed E-state index contributed by atoms with van der Waals surface area (Å²) in [4.78, 5) is 60.9. The van der Waals surface area contributed by atoms with Crippen LogP contribution < -0.4 is 21.3 Å². The van der Waals surface area contributed by atoms with Crippen molar-refractivity contribution in [2.75, 3.05) is 65.9 Å². The van der Waals surface area contributed by atoms with Gasteiger partial charge in [0.15, 0.2) is 0 Å². The molecule has 632 valence electrons. The zero-order valence-corrected chi connectivity index (χ0v) is 72.2. The van der Waals surface area contributed by atoms with Gasteiger partial charge in [-0.05, 0) is 37.5 Å². The summed E-state index contributed by atoms with van der Waals surface area (Å²) in [6, 6.07) is -2.01. The average molecular weight is 1550 g/mol. The first-order chi connectivity index (χ1) is 51.7. The Morgan fingerprint density at radius 3 is 0.726 bits per heavy atom. The predicted octanol–water partition coefficient (Wildman–Crippen LogP) is 25.9. The van der Waals surface area contributed by atoms with Gasteiger partial charge < -0.3 is 40.5 Å². The molecule has 0 rings (SSSR count). The fourth-order valence-corrected chi connectivity index (χ4v) is 15.9. The summed E-state index contributed by atoms with van der Waals surface area (Å²) in [5.74, 6) is 0.837. The Bertz CT molecular complexity index is 1960. The van der Waals surface area contributed by atoms with Crippen molar-refractivity contribution in [3.63, 3.8) is 0 Å². The Balaban J connectivity index is 5.47. The molecular formula is C87H176N4O13P2. The molecule has 106 heavy (non-hydrogen) atoms. The minimum absolute atomic E-state index is 0.127. The first-order valence-electron chi connectivity index (χ1n) is 45.7. The van der Waals surface area contributed by atoms with Gasteiger partial charge >= 0.3 is 21.7 Å². The number of phosphoric acid groups is 2. The summed E-state index contributed by atoms with van der Waals surface area (Å²) in [6.45, 7) is 13.2. The van der Waals surface area contributed by atoms with Crippen molar-refractivity contribution in [2.45, 2.75) is 465 Å². The van der Waals surface area contributed by atoms with E-state index in [-0.39, 0.29) is 64.5 Å². The summed E-state index contributed by atoms with van der Waals surface area (Å²) in [5.41, 5.74) is 0. The lowest BCUT2D eigenvalue weighted by Gasteiger charge is -2.22. The molecule has 17 nitrogen and oxygen atoms in total. The number of phosphoric ester groups is 2. The lowest BCUT2D eigenvalue weighted by atomic mass is 9.91. The number of hydrogen-bond acceptors (Lipinski definition) is 11. The smallest absolute Gasteiger partial charge is 0.379 e. The molecule has 0 aromatic heterocycles. The topological polar surface area (TPSA) is 229 Å². The standard InChI is InChI=1S/C87H176N4O13P2/c1-7-13-19-25-29-33-37-41-44-48-54-60-66-82(64-58-52-24-18-12-6)70-74-100-78-84(91-86(93)68-62-56-50-46-42-38-34-30-26-20-14-8-2)80-104-106(97,98)102-76-72-89-87(94)88-71-75-101-105(95,96)103-79-83(90-85(92)67-61-55-49-45-40-36-32-28-22-16-10-4)77-99-73-69-81(63-57-51-23-17-11-5)65-59-53-47-43-39-35-31-27-21-15-9-3/h81-84H,7-80H2,1-6H3,(H,90,92)(H,91,93)(H,95,96)(H,97,98)(H2,88,89,94). The van der Waals surface area contributed by atoms with E-state index < -0.39 is 33.8 Å². The van der Waals surface area contributed by atoms with Crippen LogP contribution in [0.5, 0.6) is 0 Å². The molecule has 0 fully saturated rings. The van der Waals surface area contributed by atoms with Gasteiger partial charge in [0, 0.05) is 39.1 Å². The summed E-state index contributed by atoms with van der Waals surface area (Å²) >= 11 is 0. The van der Waals surface area contributed by atoms with Gasteiger partial charge in [-0.3, -0.25) is 27.7 Å². The largest absolute Gasteiger partial charge is 0.472 e. The molecule has 4 amide bonds. The van der Waals surface area contributed by atoms with E-state index in [1.807, 2.05) is 0 Å². The zero-order chi connectivity index (χ0) is 77.4. The molecule has 0 radical (unpaired) electrons. The maximum absolute atomic E-state index is 13.3. The highest BCUT2D eigenvalue weighted by atomic mass is 31.2. The monoisotopic (exact) mass is 1550 g/mol. The van der Waals surface area contributed by atoms with Crippen LogP contribution in [-0.4, -0.2) is 106 Å². The number of rotatable bonds is 88. The molecule has 0 aromatic carbocycles. The molecule has 0 aliphatic heterocycles. The van der Waals surface area contributed by atoms with Gasteiger partial charge in [-0.2, -0.15) is 0 Å². The van der Waals surface area contributed by atoms with E-state index in [1.165, 1.54) is 347 Å². The van der Waals surface area contributed by atoms with Crippen LogP contribution in [0.2, 0.25) is 0 Å². The summed E-state index contributed by atoms with van der Waals surface area (Å²) in [7, 11) is -9.24. The number of unbranched alkanes of at least 4 members (excludes halogenated alkanes) is 50. The molecule has 0 aliphatic rings. The van der Waals surface area contributed by atoms with E-state index in [0.717, 1.165) is 51.4 Å². The van der Waals surface area contributed by atoms with Crippen molar-refractivity contribution in [1.82, 2.24) is 21.3 Å². The lowest BCUT2D eigenvalue weighted by Crippen LogP contribution is -2.41. The van der Waals surface area contributed by atoms with Crippen molar-refractivity contribution in [1.29, 1.82) is 0 Å². The highest BCUT2D eigenvalue weighted by molar-refractivity contribution is 7.47. The summed E-state index contributed by atoms with van der Waals surface area (Å²) in [6.07, 6.45) is 77.7. The third-order valence-corrected chi connectivity index (χ3v) is 23.2. The Morgan fingerprint density at radius 2 is 0.491 bits per heavy atom. The van der Waals surface area contributed by atoms with Gasteiger partial charge in [0.05, 0.1) is 51.7 Å². The van der Waals surface area contributed by atoms with Crippen molar-refractivity contribution in [3.8, 4) is 0 Å². The molecule has 0 saturated carbocycles. The maximum Gasteiger partial charge on any atom is 0.472 e. The van der Waals surface area contributed by atoms with E-state index in [0.29, 0.717) is 37.9 Å². The number of urea groups is 1. The highest BCUT2D eigenvalue weighted by Crippen LogP contribution is 2.44. The third-order valence-electron chi connectivity index (χ3n) is 21.2. The molecular weight excluding hydrogens is 1370 g/mol. The van der Waals surface area contributed by atoms with E-state index in [9.17, 15) is 33.3 Å². The van der Waals surface area contributed by atoms with Crippen LogP contribution >= 0.6 is 15.6 Å². The second-order valence-electron chi connectivity index (χ2n) is 31.7. The van der Waals surface area contributed by atoms with Gasteiger partial charge in [-0.15, -0.1) is 0 Å². The molecule has 19 heteroatoms. The second kappa shape index (κ2) is 81.4. The van der Waals surface area contributed by atoms with Gasteiger partial charge in [0.25, 0.3) is 0 Å². The molecule has 0 aromatic rings. The number of amides is 4. The highest BCUT2D eigenvalue weighted by Gasteiger charge is 2.27. The quantitative estimate of drug-likeness (QED) is 0.0246. The molecule has 0 spiro atoms. The number of nitrogens with one attached hydrogen (secondary N) is 4. The van der Waals surface area contributed by atoms with Crippen LogP contribution in [-0.2, 0) is 46.3 Å². The van der Waals surface area contributed by atoms with Gasteiger partial charge in [0.2, 0.25) is 11.8 Å². The van der Waals surface area contributed by atoms with Crippen LogP contribution in [0.3, 0.4) is 0 Å². The maximum atomic E-state index is 13.3. The van der Waals surface area contributed by atoms with Crippen molar-refractivity contribution < 1.29 is 60.9 Å². The van der Waals surface area contributed by atoms with E-state index in [1.54, 1.807) is 0 Å². The third kappa shape index (κ3) is 77.7. The van der Waals surface area contributed by atoms with Crippen LogP contribution in [0.25, 0.3) is 0 Å². The van der Waals surface area contributed by atoms with E-state index in [4.69, 9.17) is 27.6 Å².